The fraction of sp³-hybridized carbons (Fsp3) is 0.778. The first kappa shape index (κ1) is 7.80. The lowest BCUT2D eigenvalue weighted by Crippen LogP contribution is -2.17. The number of aliphatic hydroxyl groups is 1. The van der Waals surface area contributed by atoms with Gasteiger partial charge in [-0.05, 0) is 31.6 Å². The Hall–Kier alpha value is -0.300. The second-order valence-corrected chi connectivity index (χ2v) is 3.17. The van der Waals surface area contributed by atoms with E-state index in [1.165, 1.54) is 0 Å². The van der Waals surface area contributed by atoms with Crippen LogP contribution in [0.2, 0.25) is 0 Å². The molecule has 0 aromatic heterocycles. The number of hydrogen-bond donors (Lipinski definition) is 1. The minimum Gasteiger partial charge on any atom is -0.393 e. The SMILES string of the molecule is C[C@@H]1CC/C=C\CC[C@H]1O. The fourth-order valence-corrected chi connectivity index (χ4v) is 1.34. The van der Waals surface area contributed by atoms with E-state index in [4.69, 9.17) is 0 Å². The van der Waals surface area contributed by atoms with Gasteiger partial charge in [-0.15, -0.1) is 0 Å². The third-order valence-corrected chi connectivity index (χ3v) is 2.24. The minimum atomic E-state index is -0.0649. The van der Waals surface area contributed by atoms with E-state index < -0.39 is 0 Å². The van der Waals surface area contributed by atoms with Crippen LogP contribution in [-0.2, 0) is 0 Å². The molecule has 0 saturated carbocycles. The van der Waals surface area contributed by atoms with Crippen LogP contribution in [0.1, 0.15) is 32.6 Å². The highest BCUT2D eigenvalue weighted by molar-refractivity contribution is 4.86. The molecule has 0 bridgehead atoms. The summed E-state index contributed by atoms with van der Waals surface area (Å²) in [4.78, 5) is 0. The molecular weight excluding hydrogens is 124 g/mol. The summed E-state index contributed by atoms with van der Waals surface area (Å²) in [6, 6.07) is 0. The zero-order chi connectivity index (χ0) is 7.40. The molecule has 10 heavy (non-hydrogen) atoms. The molecule has 0 saturated heterocycles. The summed E-state index contributed by atoms with van der Waals surface area (Å²) in [6.07, 6.45) is 8.60. The molecule has 1 rings (SSSR count). The summed E-state index contributed by atoms with van der Waals surface area (Å²) in [5, 5.41) is 9.45. The smallest absolute Gasteiger partial charge is 0.0568 e. The van der Waals surface area contributed by atoms with Crippen LogP contribution in [0, 0.1) is 5.92 Å². The summed E-state index contributed by atoms with van der Waals surface area (Å²) in [6.45, 7) is 2.13. The van der Waals surface area contributed by atoms with Gasteiger partial charge in [0.05, 0.1) is 6.10 Å². The molecule has 1 aliphatic carbocycles. The van der Waals surface area contributed by atoms with Crippen molar-refractivity contribution < 1.29 is 5.11 Å². The Morgan fingerprint density at radius 1 is 1.20 bits per heavy atom. The summed E-state index contributed by atoms with van der Waals surface area (Å²) in [7, 11) is 0. The molecule has 0 heterocycles. The van der Waals surface area contributed by atoms with Gasteiger partial charge in [-0.1, -0.05) is 19.1 Å². The second kappa shape index (κ2) is 3.77. The molecule has 0 unspecified atom stereocenters. The van der Waals surface area contributed by atoms with E-state index in [1.807, 2.05) is 0 Å². The minimum absolute atomic E-state index is 0.0649. The lowest BCUT2D eigenvalue weighted by atomic mass is 9.93. The first-order valence-corrected chi connectivity index (χ1v) is 4.14. The maximum atomic E-state index is 9.45. The summed E-state index contributed by atoms with van der Waals surface area (Å²) in [5.41, 5.74) is 0. The third-order valence-electron chi connectivity index (χ3n) is 2.24. The van der Waals surface area contributed by atoms with Crippen molar-refractivity contribution in [2.45, 2.75) is 38.7 Å². The molecule has 0 fully saturated rings. The van der Waals surface area contributed by atoms with Crippen LogP contribution in [0.5, 0.6) is 0 Å². The van der Waals surface area contributed by atoms with Crippen LogP contribution < -0.4 is 0 Å². The molecule has 0 radical (unpaired) electrons. The van der Waals surface area contributed by atoms with Crippen molar-refractivity contribution in [3.63, 3.8) is 0 Å². The Kier molecular flexibility index (Phi) is 2.94. The van der Waals surface area contributed by atoms with Crippen molar-refractivity contribution in [2.24, 2.45) is 5.92 Å². The van der Waals surface area contributed by atoms with Crippen molar-refractivity contribution in [1.29, 1.82) is 0 Å². The standard InChI is InChI=1S/C9H16O/c1-8-6-4-2-3-5-7-9(8)10/h2-3,8-10H,4-7H2,1H3/b3-2-/t8-,9-/m1/s1. The maximum Gasteiger partial charge on any atom is 0.0568 e. The maximum absolute atomic E-state index is 9.45. The topological polar surface area (TPSA) is 20.2 Å². The first-order valence-electron chi connectivity index (χ1n) is 4.14. The molecule has 1 nitrogen and oxygen atoms in total. The van der Waals surface area contributed by atoms with Gasteiger partial charge >= 0.3 is 0 Å². The Bertz CT molecular complexity index is 104. The molecule has 0 spiro atoms. The Morgan fingerprint density at radius 3 is 2.50 bits per heavy atom. The van der Waals surface area contributed by atoms with Gasteiger partial charge in [0.15, 0.2) is 0 Å². The van der Waals surface area contributed by atoms with Crippen molar-refractivity contribution in [3.05, 3.63) is 12.2 Å². The van der Waals surface area contributed by atoms with Crippen molar-refractivity contribution in [3.8, 4) is 0 Å². The van der Waals surface area contributed by atoms with E-state index in [2.05, 4.69) is 19.1 Å². The molecule has 1 heteroatoms. The van der Waals surface area contributed by atoms with Crippen LogP contribution in [0.3, 0.4) is 0 Å². The van der Waals surface area contributed by atoms with E-state index in [9.17, 15) is 5.11 Å². The molecular formula is C9H16O. The fourth-order valence-electron chi connectivity index (χ4n) is 1.34. The molecule has 0 amide bonds. The molecule has 0 aliphatic heterocycles. The van der Waals surface area contributed by atoms with Gasteiger partial charge in [-0.2, -0.15) is 0 Å². The molecule has 58 valence electrons. The van der Waals surface area contributed by atoms with E-state index in [1.54, 1.807) is 0 Å². The Morgan fingerprint density at radius 2 is 1.80 bits per heavy atom. The highest BCUT2D eigenvalue weighted by Crippen LogP contribution is 2.18. The zero-order valence-electron chi connectivity index (χ0n) is 6.59. The predicted molar refractivity (Wildman–Crippen MR) is 42.8 cm³/mol. The van der Waals surface area contributed by atoms with Gasteiger partial charge in [0.2, 0.25) is 0 Å². The van der Waals surface area contributed by atoms with Gasteiger partial charge in [-0.3, -0.25) is 0 Å². The van der Waals surface area contributed by atoms with Crippen molar-refractivity contribution >= 4 is 0 Å². The number of aliphatic hydroxyl groups excluding tert-OH is 1. The number of allylic oxidation sites excluding steroid dienone is 2. The quantitative estimate of drug-likeness (QED) is 0.511. The van der Waals surface area contributed by atoms with Gasteiger partial charge in [0.1, 0.15) is 0 Å². The van der Waals surface area contributed by atoms with E-state index >= 15 is 0 Å². The van der Waals surface area contributed by atoms with Gasteiger partial charge in [0.25, 0.3) is 0 Å². The summed E-state index contributed by atoms with van der Waals surface area (Å²) in [5.74, 6) is 0.491. The summed E-state index contributed by atoms with van der Waals surface area (Å²) >= 11 is 0. The normalized spacial score (nSPS) is 38.2. The van der Waals surface area contributed by atoms with Gasteiger partial charge in [-0.25, -0.2) is 0 Å². The average Bonchev–Trinajstić information content (AvgIpc) is 1.92. The van der Waals surface area contributed by atoms with Crippen LogP contribution in [0.15, 0.2) is 12.2 Å². The first-order chi connectivity index (χ1) is 4.80. The van der Waals surface area contributed by atoms with Crippen molar-refractivity contribution in [2.75, 3.05) is 0 Å². The molecule has 2 atom stereocenters. The molecule has 1 N–H and O–H groups in total. The molecule has 1 aliphatic rings. The molecule has 0 aromatic rings. The van der Waals surface area contributed by atoms with Crippen LogP contribution in [0.4, 0.5) is 0 Å². The Balaban J connectivity index is 2.40. The van der Waals surface area contributed by atoms with Gasteiger partial charge < -0.3 is 5.11 Å². The number of rotatable bonds is 0. The highest BCUT2D eigenvalue weighted by atomic mass is 16.3. The van der Waals surface area contributed by atoms with E-state index in [0.29, 0.717) is 5.92 Å². The lowest BCUT2D eigenvalue weighted by Gasteiger charge is -2.18. The predicted octanol–water partition coefficient (Wildman–Crippen LogP) is 2.11. The van der Waals surface area contributed by atoms with E-state index in [0.717, 1.165) is 25.7 Å². The zero-order valence-corrected chi connectivity index (χ0v) is 6.59. The Labute approximate surface area is 62.8 Å². The van der Waals surface area contributed by atoms with Crippen LogP contribution in [-0.4, -0.2) is 11.2 Å². The average molecular weight is 140 g/mol. The van der Waals surface area contributed by atoms with Gasteiger partial charge in [0, 0.05) is 0 Å². The lowest BCUT2D eigenvalue weighted by molar-refractivity contribution is 0.103. The second-order valence-electron chi connectivity index (χ2n) is 3.17. The van der Waals surface area contributed by atoms with Crippen LogP contribution in [0.25, 0.3) is 0 Å². The largest absolute Gasteiger partial charge is 0.393 e. The number of hydrogen-bond acceptors (Lipinski definition) is 1. The highest BCUT2D eigenvalue weighted by Gasteiger charge is 2.13. The molecule has 0 aromatic carbocycles. The summed E-state index contributed by atoms with van der Waals surface area (Å²) < 4.78 is 0. The van der Waals surface area contributed by atoms with Crippen molar-refractivity contribution in [1.82, 2.24) is 0 Å². The van der Waals surface area contributed by atoms with Crippen LogP contribution >= 0.6 is 0 Å². The van der Waals surface area contributed by atoms with E-state index in [-0.39, 0.29) is 6.10 Å². The third kappa shape index (κ3) is 2.14. The monoisotopic (exact) mass is 140 g/mol.